The Labute approximate surface area is 804 Å². The number of carbonyl (C=O) groups is 5. The van der Waals surface area contributed by atoms with Gasteiger partial charge in [-0.1, -0.05) is 211 Å². The largest absolute Gasteiger partial charge is 0.497 e. The summed E-state index contributed by atoms with van der Waals surface area (Å²) in [4.78, 5) is 75.2. The number of amides is 5. The average molecular weight is 1900 g/mol. The van der Waals surface area contributed by atoms with Crippen molar-refractivity contribution in [2.45, 2.75) is 376 Å². The molecule has 5 saturated carbocycles. The molecule has 6 unspecified atom stereocenters. The van der Waals surface area contributed by atoms with Gasteiger partial charge in [0.2, 0.25) is 0 Å². The molecule has 0 bridgehead atoms. The first-order valence-corrected chi connectivity index (χ1v) is 49.9. The van der Waals surface area contributed by atoms with Gasteiger partial charge in [-0.05, 0) is 204 Å². The summed E-state index contributed by atoms with van der Waals surface area (Å²) in [6.07, 6.45) is 32.6. The predicted molar refractivity (Wildman–Crippen MR) is 534 cm³/mol. The molecule has 5 aliphatic rings. The summed E-state index contributed by atoms with van der Waals surface area (Å²) in [5, 5.41) is 26.1. The van der Waals surface area contributed by atoms with Crippen LogP contribution in [0.2, 0.25) is 5.02 Å². The lowest BCUT2D eigenvalue weighted by Gasteiger charge is -2.30. The Morgan fingerprint density at radius 1 is 0.388 bits per heavy atom. The second kappa shape index (κ2) is 59.8. The number of nitrogens with two attached hydrogens (primary N) is 2. The highest BCUT2D eigenvalue weighted by molar-refractivity contribution is 6.31. The Balaban J connectivity index is 0.000000258. The molecule has 10 rings (SSSR count). The van der Waals surface area contributed by atoms with E-state index >= 15 is 0 Å². The molecule has 25 nitrogen and oxygen atoms in total. The summed E-state index contributed by atoms with van der Waals surface area (Å²) in [7, 11) is 7.84. The fourth-order valence-electron chi connectivity index (χ4n) is 18.9. The molecule has 5 amide bonds. The molecule has 9 N–H and O–H groups in total. The second-order valence-electron chi connectivity index (χ2n) is 39.2. The number of non-ortho nitro benzene ring substituents is 1. The number of hydrogen-bond donors (Lipinski definition) is 7. The van der Waals surface area contributed by atoms with E-state index in [9.17, 15) is 42.9 Å². The number of alkyl halides is 2. The monoisotopic (exact) mass is 1900 g/mol. The van der Waals surface area contributed by atoms with Crippen molar-refractivity contribution in [2.24, 2.45) is 58.8 Å². The number of hydrogen-bond acceptors (Lipinski definition) is 19. The van der Waals surface area contributed by atoms with Crippen LogP contribution in [-0.4, -0.2) is 143 Å². The molecule has 0 heterocycles. The molecule has 0 aromatic heterocycles. The summed E-state index contributed by atoms with van der Waals surface area (Å²) in [5.41, 5.74) is 16.0. The first-order chi connectivity index (χ1) is 63.7. The quantitative estimate of drug-likeness (QED) is 0.0141. The van der Waals surface area contributed by atoms with E-state index in [2.05, 4.69) is 40.4 Å². The fourth-order valence-corrected chi connectivity index (χ4v) is 19.1. The molecule has 0 spiro atoms. The van der Waals surface area contributed by atoms with Crippen molar-refractivity contribution in [3.05, 3.63) is 123 Å². The molecule has 0 aliphatic heterocycles. The topological polar surface area (TPSA) is 333 Å². The second-order valence-corrected chi connectivity index (χ2v) is 39.6. The van der Waals surface area contributed by atoms with E-state index in [-0.39, 0.29) is 101 Å². The van der Waals surface area contributed by atoms with Crippen LogP contribution in [0.15, 0.2) is 97.1 Å². The van der Waals surface area contributed by atoms with Crippen molar-refractivity contribution in [3.8, 4) is 28.7 Å². The Hall–Kier alpha value is -8.28. The summed E-state index contributed by atoms with van der Waals surface area (Å²) in [5.74, 6) is 2.38. The lowest BCUT2D eigenvalue weighted by atomic mass is 9.81. The Morgan fingerprint density at radius 2 is 0.709 bits per heavy atom. The molecule has 10 atom stereocenters. The molecule has 752 valence electrons. The number of anilines is 5. The molecule has 5 fully saturated rings. The van der Waals surface area contributed by atoms with Gasteiger partial charge in [0.05, 0.1) is 82.4 Å². The van der Waals surface area contributed by atoms with Crippen LogP contribution in [0.5, 0.6) is 28.7 Å². The standard InChI is InChI=1S/2C22H35NO4.C21H32F2N2O2.C21H32N2O5.C20H31ClN2O2/c1-15(2)27-21(16(3)11-17-9-7-6-8-10-17)22(24)23-18-12-19(25-4)14-20(13-18)26-5;1-15(2)27-21(16(3)13-17-9-7-6-8-10-17)22(24)23-19-14-18(25-4)11-12-20(19)26-5;1-14(2)27-19(18(24)12-15-8-5-4-6-9-15)20(26)25-17-11-7-10-16(13-17)21(3,22)23;1-14(2)28-20(15(3)12-16-8-6-5-7-9-16)21(24)22-18-13-17(23(25)26)10-11-19(18)27-4;1-13(2)25-19(18(22)11-15-7-5-4-6-8-15)20(24)23-16-10-9-14(3)17(21)12-16/h12-17,21H,6-11H2,1-5H3,(H,23,24);11-12,14-17,21H,6-10,13H2,1-5H3,(H,23,24);7,10-11,13-15,18-19H,4-6,8-9,12,24H2,1-3H3,(H,25,26);10-11,13-16,20H,5-9,12H2,1-4H3,(H,22,24);9-10,12-13,15,18-19H,4-8,11,22H2,1-3H3,(H,23,24)/t;16-,21?;18-,19?;15-,20?;18-,19?/m.1111/s1. The first kappa shape index (κ1) is 114. The van der Waals surface area contributed by atoms with E-state index < -0.39 is 47.4 Å². The molecule has 5 aliphatic carbocycles. The van der Waals surface area contributed by atoms with E-state index in [1.165, 1.54) is 191 Å². The van der Waals surface area contributed by atoms with Crippen LogP contribution in [-0.2, 0) is 53.6 Å². The highest BCUT2D eigenvalue weighted by Gasteiger charge is 2.37. The van der Waals surface area contributed by atoms with E-state index in [1.807, 2.05) is 101 Å². The average Bonchev–Trinajstić information content (AvgIpc) is 0.908. The molecule has 0 radical (unpaired) electrons. The van der Waals surface area contributed by atoms with Gasteiger partial charge in [0.1, 0.15) is 47.1 Å². The number of rotatable bonds is 42. The predicted octanol–water partition coefficient (Wildman–Crippen LogP) is 24.5. The third-order valence-electron chi connectivity index (χ3n) is 25.7. The van der Waals surface area contributed by atoms with Gasteiger partial charge >= 0.3 is 0 Å². The molecular formula is C106H165ClF2N8O17. The number of nitro benzene ring substituents is 1. The highest BCUT2D eigenvalue weighted by atomic mass is 35.5. The minimum absolute atomic E-state index is 0.00518. The maximum atomic E-state index is 13.5. The number of nitro groups is 1. The van der Waals surface area contributed by atoms with Crippen LogP contribution in [0.4, 0.5) is 42.9 Å². The number of carbonyl (C=O) groups excluding carboxylic acids is 5. The van der Waals surface area contributed by atoms with E-state index in [0.29, 0.717) is 86.1 Å². The Morgan fingerprint density at radius 3 is 1.04 bits per heavy atom. The van der Waals surface area contributed by atoms with E-state index in [1.54, 1.807) is 70.9 Å². The van der Waals surface area contributed by atoms with Crippen LogP contribution in [0.3, 0.4) is 0 Å². The lowest BCUT2D eigenvalue weighted by molar-refractivity contribution is -0.384. The summed E-state index contributed by atoms with van der Waals surface area (Å²) < 4.78 is 83.2. The zero-order valence-corrected chi connectivity index (χ0v) is 84.9. The molecular weight excluding hydrogens is 1730 g/mol. The molecule has 5 aromatic rings. The minimum Gasteiger partial charge on any atom is -0.497 e. The van der Waals surface area contributed by atoms with Crippen LogP contribution < -0.4 is 61.7 Å². The van der Waals surface area contributed by atoms with Crippen molar-refractivity contribution < 1.29 is 85.0 Å². The molecule has 5 aromatic carbocycles. The Kier molecular flexibility index (Phi) is 51.0. The van der Waals surface area contributed by atoms with Crippen LogP contribution in [0.1, 0.15) is 301 Å². The maximum Gasteiger partial charge on any atom is 0.271 e. The van der Waals surface area contributed by atoms with Crippen molar-refractivity contribution in [1.82, 2.24) is 0 Å². The summed E-state index contributed by atoms with van der Waals surface area (Å²) in [6.45, 7) is 28.3. The van der Waals surface area contributed by atoms with Gasteiger partial charge in [-0.2, -0.15) is 0 Å². The highest BCUT2D eigenvalue weighted by Crippen LogP contribution is 2.40. The lowest BCUT2D eigenvalue weighted by Crippen LogP contribution is -2.47. The maximum absolute atomic E-state index is 13.5. The number of nitrogens with zero attached hydrogens (tertiary/aromatic N) is 1. The van der Waals surface area contributed by atoms with Crippen molar-refractivity contribution in [3.63, 3.8) is 0 Å². The van der Waals surface area contributed by atoms with Crippen molar-refractivity contribution in [2.75, 3.05) is 62.1 Å². The van der Waals surface area contributed by atoms with Crippen LogP contribution >= 0.6 is 11.6 Å². The summed E-state index contributed by atoms with van der Waals surface area (Å²) >= 11 is 6.15. The van der Waals surface area contributed by atoms with Crippen LogP contribution in [0, 0.1) is 64.4 Å². The number of halogens is 3. The van der Waals surface area contributed by atoms with Gasteiger partial charge in [-0.15, -0.1) is 0 Å². The van der Waals surface area contributed by atoms with E-state index in [0.717, 1.165) is 57.4 Å². The van der Waals surface area contributed by atoms with Gasteiger partial charge in [0.25, 0.3) is 41.1 Å². The Bertz CT molecular complexity index is 4270. The van der Waals surface area contributed by atoms with E-state index in [4.69, 9.17) is 70.4 Å². The first-order valence-electron chi connectivity index (χ1n) is 49.6. The third-order valence-corrected chi connectivity index (χ3v) is 26.1. The zero-order valence-electron chi connectivity index (χ0n) is 84.2. The van der Waals surface area contributed by atoms with Gasteiger partial charge in [-0.25, -0.2) is 8.78 Å². The van der Waals surface area contributed by atoms with Gasteiger partial charge in [-0.3, -0.25) is 34.1 Å². The fraction of sp³-hybridized carbons (Fsp3) is 0.670. The number of benzene rings is 5. The molecule has 0 saturated heterocycles. The van der Waals surface area contributed by atoms with Gasteiger partial charge < -0.3 is 85.4 Å². The molecule has 134 heavy (non-hydrogen) atoms. The van der Waals surface area contributed by atoms with Crippen molar-refractivity contribution >= 4 is 75.3 Å². The van der Waals surface area contributed by atoms with Gasteiger partial charge in [0.15, 0.2) is 12.2 Å². The van der Waals surface area contributed by atoms with Crippen molar-refractivity contribution in [1.29, 1.82) is 0 Å². The zero-order chi connectivity index (χ0) is 98.7. The number of methoxy groups -OCH3 is 5. The number of nitrogens with one attached hydrogen (secondary N) is 5. The summed E-state index contributed by atoms with van der Waals surface area (Å²) in [6, 6.07) is 25.4. The molecule has 28 heteroatoms. The third kappa shape index (κ3) is 41.2. The van der Waals surface area contributed by atoms with Gasteiger partial charge in [0, 0.05) is 83.1 Å². The number of ether oxygens (including phenoxy) is 10. The smallest absolute Gasteiger partial charge is 0.271 e. The number of aryl methyl sites for hydroxylation is 1. The SMILES string of the molecule is CC(C)OC(C(=O)Nc1cccc(C(C)(F)F)c1)[C@H](N)CC1CCCCC1.COc1cc(NC(=O)C(OC(C)C)C(C)CC2CCCCC2)cc(OC)c1.COc1ccc(OC)c(NC(=O)C(OC(C)C)[C@H](C)CC2CCCCC2)c1.COc1ccc([N+](=O)[O-])cc1NC(=O)C(OC(C)C)[C@H](C)CC1CCCCC1.Cc1ccc(NC(=O)C(OC(C)C)[C@H](N)CC2CCCCC2)cc1Cl. The minimum atomic E-state index is -2.97. The normalized spacial score (nSPS) is 17.7. The van der Waals surface area contributed by atoms with Crippen LogP contribution in [0.25, 0.3) is 0 Å².